The van der Waals surface area contributed by atoms with E-state index in [0.717, 1.165) is 17.0 Å². The molecule has 0 aliphatic heterocycles. The maximum atomic E-state index is 12.7. The smallest absolute Gasteiger partial charge is 0.274 e. The van der Waals surface area contributed by atoms with E-state index >= 15 is 0 Å². The van der Waals surface area contributed by atoms with Crippen molar-refractivity contribution in [3.05, 3.63) is 83.4 Å². The molecule has 0 radical (unpaired) electrons. The number of carbonyl (C=O) groups is 1. The van der Waals surface area contributed by atoms with Crippen LogP contribution in [0.15, 0.2) is 60.8 Å². The van der Waals surface area contributed by atoms with E-state index in [-0.39, 0.29) is 5.91 Å². The van der Waals surface area contributed by atoms with E-state index < -0.39 is 0 Å². The fraction of sp³-hybridized carbons (Fsp3) is 0.100. The van der Waals surface area contributed by atoms with Gasteiger partial charge in [-0.15, -0.1) is 11.3 Å². The Balaban J connectivity index is 1.43. The van der Waals surface area contributed by atoms with Gasteiger partial charge < -0.3 is 9.13 Å². The van der Waals surface area contributed by atoms with Crippen LogP contribution in [0.1, 0.15) is 27.4 Å². The molecule has 8 heteroatoms. The molecular formula is C20H18N6OS. The number of anilines is 1. The highest BCUT2D eigenvalue weighted by Gasteiger charge is 2.13. The average molecular weight is 390 g/mol. The summed E-state index contributed by atoms with van der Waals surface area (Å²) < 4.78 is 3.79. The molecule has 4 aromatic heterocycles. The van der Waals surface area contributed by atoms with Crippen molar-refractivity contribution in [3.63, 3.8) is 0 Å². The Bertz CT molecular complexity index is 1110. The van der Waals surface area contributed by atoms with Crippen molar-refractivity contribution in [2.24, 2.45) is 7.05 Å². The Hall–Kier alpha value is -3.52. The van der Waals surface area contributed by atoms with E-state index in [1.807, 2.05) is 64.3 Å². The number of rotatable bonds is 6. The van der Waals surface area contributed by atoms with E-state index in [0.29, 0.717) is 17.4 Å². The van der Waals surface area contributed by atoms with Crippen molar-refractivity contribution in [1.82, 2.24) is 24.1 Å². The predicted molar refractivity (Wildman–Crippen MR) is 110 cm³/mol. The van der Waals surface area contributed by atoms with E-state index in [9.17, 15) is 4.79 Å². The van der Waals surface area contributed by atoms with Crippen molar-refractivity contribution in [2.75, 3.05) is 5.32 Å². The number of amides is 1. The zero-order valence-electron chi connectivity index (χ0n) is 15.2. The molecular weight excluding hydrogens is 372 g/mol. The molecule has 1 N–H and O–H groups in total. The average Bonchev–Trinajstić information content (AvgIpc) is 3.42. The Morgan fingerprint density at radius 1 is 1.21 bits per heavy atom. The lowest BCUT2D eigenvalue weighted by Crippen LogP contribution is -2.17. The van der Waals surface area contributed by atoms with E-state index in [1.165, 1.54) is 11.3 Å². The Kier molecular flexibility index (Phi) is 5.11. The van der Waals surface area contributed by atoms with Gasteiger partial charge in [-0.1, -0.05) is 0 Å². The quantitative estimate of drug-likeness (QED) is 0.546. The van der Waals surface area contributed by atoms with Crippen LogP contribution >= 0.6 is 11.3 Å². The zero-order chi connectivity index (χ0) is 19.3. The number of carbonyl (C=O) groups excluding carboxylic acids is 1. The second-order valence-corrected chi connectivity index (χ2v) is 7.06. The summed E-state index contributed by atoms with van der Waals surface area (Å²) in [6.07, 6.45) is 12.8. The number of nitrogens with one attached hydrogen (secondary N) is 1. The molecule has 28 heavy (non-hydrogen) atoms. The monoisotopic (exact) mass is 390 g/mol. The van der Waals surface area contributed by atoms with Crippen molar-refractivity contribution in [1.29, 1.82) is 0 Å². The first-order valence-corrected chi connectivity index (χ1v) is 9.52. The van der Waals surface area contributed by atoms with E-state index in [1.54, 1.807) is 24.8 Å². The number of imidazole rings is 1. The minimum absolute atomic E-state index is 0.186. The van der Waals surface area contributed by atoms with Gasteiger partial charge in [-0.05, 0) is 42.0 Å². The molecule has 0 bridgehead atoms. The van der Waals surface area contributed by atoms with Gasteiger partial charge in [-0.2, -0.15) is 0 Å². The topological polar surface area (TPSA) is 77.6 Å². The van der Waals surface area contributed by atoms with Crippen molar-refractivity contribution < 1.29 is 4.79 Å². The Morgan fingerprint density at radius 3 is 2.82 bits per heavy atom. The molecule has 7 nitrogen and oxygen atoms in total. The molecule has 0 unspecified atom stereocenters. The largest absolute Gasteiger partial charge is 0.340 e. The molecule has 140 valence electrons. The number of nitrogens with zero attached hydrogens (tertiary/aromatic N) is 5. The second-order valence-electron chi connectivity index (χ2n) is 6.21. The lowest BCUT2D eigenvalue weighted by molar-refractivity contribution is 0.101. The van der Waals surface area contributed by atoms with Gasteiger partial charge in [0.1, 0.15) is 5.69 Å². The third kappa shape index (κ3) is 4.24. The first-order valence-electron chi connectivity index (χ1n) is 8.64. The third-order valence-electron chi connectivity index (χ3n) is 4.06. The Morgan fingerprint density at radius 2 is 2.04 bits per heavy atom. The number of aromatic nitrogens is 5. The Labute approximate surface area is 166 Å². The van der Waals surface area contributed by atoms with Crippen LogP contribution < -0.4 is 5.32 Å². The minimum atomic E-state index is -0.186. The van der Waals surface area contributed by atoms with Crippen LogP contribution in [-0.2, 0) is 13.6 Å². The summed E-state index contributed by atoms with van der Waals surface area (Å²) in [6, 6.07) is 7.52. The number of hydrogen-bond donors (Lipinski definition) is 1. The molecule has 0 spiro atoms. The summed E-state index contributed by atoms with van der Waals surface area (Å²) in [5.41, 5.74) is 3.29. The van der Waals surface area contributed by atoms with Crippen LogP contribution in [0, 0.1) is 0 Å². The molecule has 1 amide bonds. The van der Waals surface area contributed by atoms with Crippen LogP contribution in [-0.4, -0.2) is 30.0 Å². The standard InChI is InChI=1S/C20H18N6OS/c1-25-12-16(22-14-25)4-5-17-13-28-20(23-17)24-19(27)18-3-2-10-26(18)11-15-6-8-21-9-7-15/h2-10,12-14H,11H2,1H3,(H,23,24,27). The number of pyridine rings is 1. The maximum Gasteiger partial charge on any atom is 0.274 e. The zero-order valence-corrected chi connectivity index (χ0v) is 16.0. The van der Waals surface area contributed by atoms with Gasteiger partial charge in [-0.25, -0.2) is 9.97 Å². The molecule has 0 aliphatic rings. The fourth-order valence-electron chi connectivity index (χ4n) is 2.71. The molecule has 4 rings (SSSR count). The first-order chi connectivity index (χ1) is 13.7. The first kappa shape index (κ1) is 17.9. The molecule has 0 atom stereocenters. The van der Waals surface area contributed by atoms with Gasteiger partial charge in [0.05, 0.1) is 17.7 Å². The third-order valence-corrected chi connectivity index (χ3v) is 4.83. The van der Waals surface area contributed by atoms with E-state index in [2.05, 4.69) is 20.3 Å². The van der Waals surface area contributed by atoms with E-state index in [4.69, 9.17) is 0 Å². The van der Waals surface area contributed by atoms with Gasteiger partial charge in [0.2, 0.25) is 0 Å². The lowest BCUT2D eigenvalue weighted by atomic mass is 10.2. The fourth-order valence-corrected chi connectivity index (χ4v) is 3.39. The lowest BCUT2D eigenvalue weighted by Gasteiger charge is -2.08. The number of hydrogen-bond acceptors (Lipinski definition) is 5. The predicted octanol–water partition coefficient (Wildman–Crippen LogP) is 3.54. The van der Waals surface area contributed by atoms with Gasteiger partial charge in [0.15, 0.2) is 5.13 Å². The highest BCUT2D eigenvalue weighted by atomic mass is 32.1. The summed E-state index contributed by atoms with van der Waals surface area (Å²) in [6.45, 7) is 0.605. The molecule has 4 heterocycles. The summed E-state index contributed by atoms with van der Waals surface area (Å²) in [5.74, 6) is -0.186. The molecule has 4 aromatic rings. The molecule has 0 aromatic carbocycles. The minimum Gasteiger partial charge on any atom is -0.340 e. The van der Waals surface area contributed by atoms with Crippen LogP contribution in [0.2, 0.25) is 0 Å². The number of aryl methyl sites for hydroxylation is 1. The molecule has 0 saturated carbocycles. The molecule has 0 aliphatic carbocycles. The summed E-state index contributed by atoms with van der Waals surface area (Å²) >= 11 is 1.39. The van der Waals surface area contributed by atoms with Gasteiger partial charge in [0, 0.05) is 43.8 Å². The molecule has 0 saturated heterocycles. The summed E-state index contributed by atoms with van der Waals surface area (Å²) in [7, 11) is 1.92. The SMILES string of the molecule is Cn1cnc(C=Cc2csc(NC(=O)c3cccn3Cc3ccncc3)n2)c1. The maximum absolute atomic E-state index is 12.7. The van der Waals surface area contributed by atoms with Crippen LogP contribution in [0.5, 0.6) is 0 Å². The van der Waals surface area contributed by atoms with Crippen molar-refractivity contribution in [2.45, 2.75) is 6.54 Å². The molecule has 0 fully saturated rings. The van der Waals surface area contributed by atoms with Crippen molar-refractivity contribution >= 4 is 34.5 Å². The van der Waals surface area contributed by atoms with Gasteiger partial charge in [0.25, 0.3) is 5.91 Å². The summed E-state index contributed by atoms with van der Waals surface area (Å²) in [4.78, 5) is 25.4. The van der Waals surface area contributed by atoms with Crippen molar-refractivity contribution in [3.8, 4) is 0 Å². The van der Waals surface area contributed by atoms with Gasteiger partial charge >= 0.3 is 0 Å². The van der Waals surface area contributed by atoms with Crippen LogP contribution in [0.3, 0.4) is 0 Å². The highest BCUT2D eigenvalue weighted by molar-refractivity contribution is 7.14. The normalized spacial score (nSPS) is 11.2. The highest BCUT2D eigenvalue weighted by Crippen LogP contribution is 2.19. The van der Waals surface area contributed by atoms with Crippen LogP contribution in [0.4, 0.5) is 5.13 Å². The summed E-state index contributed by atoms with van der Waals surface area (Å²) in [5, 5.41) is 5.33. The number of thiazole rings is 1. The second kappa shape index (κ2) is 8.01. The van der Waals surface area contributed by atoms with Crippen LogP contribution in [0.25, 0.3) is 12.2 Å². The van der Waals surface area contributed by atoms with Gasteiger partial charge in [-0.3, -0.25) is 15.1 Å².